The van der Waals surface area contributed by atoms with Crippen LogP contribution in [0.3, 0.4) is 0 Å². The van der Waals surface area contributed by atoms with Gasteiger partial charge in [0.2, 0.25) is 0 Å². The highest BCUT2D eigenvalue weighted by atomic mass is 32.2. The molecule has 0 heterocycles. The summed E-state index contributed by atoms with van der Waals surface area (Å²) in [7, 11) is 0. The molecule has 1 rings (SSSR count). The van der Waals surface area contributed by atoms with Gasteiger partial charge in [0.15, 0.2) is 0 Å². The summed E-state index contributed by atoms with van der Waals surface area (Å²) in [5.74, 6) is 5.45. The van der Waals surface area contributed by atoms with Gasteiger partial charge in [-0.15, -0.1) is 11.8 Å². The van der Waals surface area contributed by atoms with E-state index in [1.807, 2.05) is 20.8 Å². The molecule has 0 unspecified atom stereocenters. The average molecular weight is 309 g/mol. The van der Waals surface area contributed by atoms with Crippen molar-refractivity contribution in [2.75, 3.05) is 12.3 Å². The third-order valence-corrected chi connectivity index (χ3v) is 3.24. The van der Waals surface area contributed by atoms with Gasteiger partial charge in [-0.1, -0.05) is 17.9 Å². The van der Waals surface area contributed by atoms with E-state index in [1.165, 1.54) is 17.8 Å². The summed E-state index contributed by atoms with van der Waals surface area (Å²) < 4.78 is 19.0. The zero-order valence-electron chi connectivity index (χ0n) is 12.5. The summed E-state index contributed by atoms with van der Waals surface area (Å²) in [4.78, 5) is 11.5. The molecule has 2 N–H and O–H groups in total. The summed E-state index contributed by atoms with van der Waals surface area (Å²) in [6, 6.07) is 4.80. The van der Waals surface area contributed by atoms with Crippen molar-refractivity contribution < 1.29 is 13.9 Å². The summed E-state index contributed by atoms with van der Waals surface area (Å²) in [5.41, 5.74) is 5.91. The van der Waals surface area contributed by atoms with E-state index in [2.05, 4.69) is 11.8 Å². The van der Waals surface area contributed by atoms with Crippen LogP contribution in [0.15, 0.2) is 18.2 Å². The molecule has 0 radical (unpaired) electrons. The van der Waals surface area contributed by atoms with Crippen molar-refractivity contribution >= 4 is 17.7 Å². The van der Waals surface area contributed by atoms with Gasteiger partial charge in [0.05, 0.1) is 12.3 Å². The van der Waals surface area contributed by atoms with E-state index in [0.29, 0.717) is 16.9 Å². The molecular formula is C16H20FNO2S. The molecule has 0 aliphatic carbocycles. The van der Waals surface area contributed by atoms with Crippen molar-refractivity contribution in [1.82, 2.24) is 0 Å². The number of thioether (sulfide) groups is 1. The number of benzene rings is 1. The lowest BCUT2D eigenvalue weighted by Gasteiger charge is -2.19. The monoisotopic (exact) mass is 309 g/mol. The third-order valence-electron chi connectivity index (χ3n) is 2.29. The van der Waals surface area contributed by atoms with E-state index in [1.54, 1.807) is 12.1 Å². The first kappa shape index (κ1) is 17.5. The Bertz CT molecular complexity index is 556. The Hall–Kier alpha value is -1.51. The number of hydrogen-bond acceptors (Lipinski definition) is 4. The Morgan fingerprint density at radius 2 is 2.14 bits per heavy atom. The van der Waals surface area contributed by atoms with Gasteiger partial charge < -0.3 is 10.5 Å². The van der Waals surface area contributed by atoms with Crippen LogP contribution >= 0.6 is 11.8 Å². The Morgan fingerprint density at radius 1 is 1.43 bits per heavy atom. The summed E-state index contributed by atoms with van der Waals surface area (Å²) in [6.45, 7) is 5.69. The smallest absolute Gasteiger partial charge is 0.316 e. The Balaban J connectivity index is 2.51. The van der Waals surface area contributed by atoms with Crippen LogP contribution in [0.25, 0.3) is 0 Å². The average Bonchev–Trinajstić information content (AvgIpc) is 2.36. The maximum atomic E-state index is 13.8. The van der Waals surface area contributed by atoms with Gasteiger partial charge >= 0.3 is 5.97 Å². The maximum Gasteiger partial charge on any atom is 0.316 e. The standard InChI is InChI=1S/C16H20FNO2S/c1-16(2,3)20-15(19)11-21-10-13-7-6-12(5-4-8-18)9-14(13)17/h6-7,9H,8,10-11,18H2,1-3H3. The molecule has 114 valence electrons. The molecule has 0 fully saturated rings. The number of nitrogens with two attached hydrogens (primary N) is 1. The quantitative estimate of drug-likeness (QED) is 0.686. The molecule has 5 heteroatoms. The lowest BCUT2D eigenvalue weighted by molar-refractivity contribution is -0.151. The van der Waals surface area contributed by atoms with Crippen molar-refractivity contribution in [3.8, 4) is 11.8 Å². The predicted octanol–water partition coefficient (Wildman–Crippen LogP) is 2.71. The van der Waals surface area contributed by atoms with Gasteiger partial charge in [-0.3, -0.25) is 4.79 Å². The highest BCUT2D eigenvalue weighted by Crippen LogP contribution is 2.18. The van der Waals surface area contributed by atoms with Gasteiger partial charge in [0, 0.05) is 11.3 Å². The number of hydrogen-bond donors (Lipinski definition) is 1. The Kier molecular flexibility index (Phi) is 6.73. The zero-order valence-corrected chi connectivity index (χ0v) is 13.3. The molecular weight excluding hydrogens is 289 g/mol. The number of carbonyl (C=O) groups excluding carboxylic acids is 1. The molecule has 1 aromatic rings. The fraction of sp³-hybridized carbons (Fsp3) is 0.438. The summed E-state index contributed by atoms with van der Waals surface area (Å²) >= 11 is 1.32. The van der Waals surface area contributed by atoms with Crippen LogP contribution in [0.4, 0.5) is 4.39 Å². The number of esters is 1. The minimum Gasteiger partial charge on any atom is -0.459 e. The molecule has 0 aliphatic heterocycles. The SMILES string of the molecule is CC(C)(C)OC(=O)CSCc1ccc(C#CCN)cc1F. The van der Waals surface area contributed by atoms with Gasteiger partial charge in [0.25, 0.3) is 0 Å². The van der Waals surface area contributed by atoms with Crippen molar-refractivity contribution in [3.05, 3.63) is 35.1 Å². The molecule has 1 aromatic carbocycles. The molecule has 3 nitrogen and oxygen atoms in total. The van der Waals surface area contributed by atoms with Gasteiger partial charge in [-0.2, -0.15) is 0 Å². The van der Waals surface area contributed by atoms with Crippen LogP contribution in [0.2, 0.25) is 0 Å². The first-order chi connectivity index (χ1) is 9.81. The van der Waals surface area contributed by atoms with Crippen LogP contribution in [0, 0.1) is 17.7 Å². The van der Waals surface area contributed by atoms with Crippen LogP contribution in [0.1, 0.15) is 31.9 Å². The maximum absolute atomic E-state index is 13.8. The van der Waals surface area contributed by atoms with E-state index in [-0.39, 0.29) is 24.1 Å². The van der Waals surface area contributed by atoms with Crippen LogP contribution in [-0.4, -0.2) is 23.9 Å². The first-order valence-electron chi connectivity index (χ1n) is 6.59. The van der Waals surface area contributed by atoms with Crippen LogP contribution in [-0.2, 0) is 15.3 Å². The van der Waals surface area contributed by atoms with E-state index >= 15 is 0 Å². The van der Waals surface area contributed by atoms with Crippen molar-refractivity contribution in [2.24, 2.45) is 5.73 Å². The highest BCUT2D eigenvalue weighted by Gasteiger charge is 2.16. The van der Waals surface area contributed by atoms with E-state index in [0.717, 1.165) is 0 Å². The number of halogens is 1. The van der Waals surface area contributed by atoms with E-state index < -0.39 is 5.60 Å². The molecule has 0 aliphatic rings. The molecule has 0 saturated heterocycles. The molecule has 0 aromatic heterocycles. The van der Waals surface area contributed by atoms with Crippen molar-refractivity contribution in [1.29, 1.82) is 0 Å². The van der Waals surface area contributed by atoms with E-state index in [4.69, 9.17) is 10.5 Å². The molecule has 0 bridgehead atoms. The van der Waals surface area contributed by atoms with Gasteiger partial charge in [-0.05, 0) is 38.5 Å². The normalized spacial score (nSPS) is 10.7. The molecule has 0 saturated carbocycles. The van der Waals surface area contributed by atoms with Gasteiger partial charge in [0.1, 0.15) is 11.4 Å². The summed E-state index contributed by atoms with van der Waals surface area (Å²) in [5, 5.41) is 0. The molecule has 21 heavy (non-hydrogen) atoms. The lowest BCUT2D eigenvalue weighted by Crippen LogP contribution is -2.24. The fourth-order valence-electron chi connectivity index (χ4n) is 1.51. The minimum atomic E-state index is -0.494. The van der Waals surface area contributed by atoms with Crippen molar-refractivity contribution in [3.63, 3.8) is 0 Å². The fourth-order valence-corrected chi connectivity index (χ4v) is 2.29. The Labute approximate surface area is 129 Å². The summed E-state index contributed by atoms with van der Waals surface area (Å²) in [6.07, 6.45) is 0. The van der Waals surface area contributed by atoms with Crippen molar-refractivity contribution in [2.45, 2.75) is 32.1 Å². The zero-order chi connectivity index (χ0) is 15.9. The Morgan fingerprint density at radius 3 is 2.71 bits per heavy atom. The third kappa shape index (κ3) is 7.16. The molecule has 0 amide bonds. The second-order valence-electron chi connectivity index (χ2n) is 5.39. The first-order valence-corrected chi connectivity index (χ1v) is 7.74. The largest absolute Gasteiger partial charge is 0.459 e. The number of carbonyl (C=O) groups is 1. The molecule has 0 atom stereocenters. The van der Waals surface area contributed by atoms with Crippen LogP contribution in [0.5, 0.6) is 0 Å². The number of rotatable bonds is 4. The molecule has 0 spiro atoms. The number of ether oxygens (including phenoxy) is 1. The topological polar surface area (TPSA) is 52.3 Å². The van der Waals surface area contributed by atoms with Crippen LogP contribution < -0.4 is 5.73 Å². The van der Waals surface area contributed by atoms with Gasteiger partial charge in [-0.25, -0.2) is 4.39 Å². The second kappa shape index (κ2) is 8.06. The van der Waals surface area contributed by atoms with E-state index in [9.17, 15) is 9.18 Å². The minimum absolute atomic E-state index is 0.200. The lowest BCUT2D eigenvalue weighted by atomic mass is 10.1. The predicted molar refractivity (Wildman–Crippen MR) is 84.3 cm³/mol. The second-order valence-corrected chi connectivity index (χ2v) is 6.38. The highest BCUT2D eigenvalue weighted by molar-refractivity contribution is 7.99.